The fraction of sp³-hybridized carbons (Fsp3) is 1.00. The summed E-state index contributed by atoms with van der Waals surface area (Å²) in [5, 5.41) is 0.109. The van der Waals surface area contributed by atoms with Gasteiger partial charge in [-0.25, -0.2) is 0 Å². The molecule has 14 heavy (non-hydrogen) atoms. The Balaban J connectivity index is 4.26. The van der Waals surface area contributed by atoms with Crippen LogP contribution in [-0.2, 0) is 8.85 Å². The summed E-state index contributed by atoms with van der Waals surface area (Å²) in [5.41, 5.74) is 0. The van der Waals surface area contributed by atoms with Crippen LogP contribution in [0.5, 0.6) is 0 Å². The molecule has 4 heteroatoms. The van der Waals surface area contributed by atoms with Crippen LogP contribution < -0.4 is 0 Å². The SMILES string of the molecule is CCCC[Si](CC)(OCC)OC(C)Br. The quantitative estimate of drug-likeness (QED) is 0.494. The lowest BCUT2D eigenvalue weighted by molar-refractivity contribution is 0.171. The molecule has 2 nitrogen and oxygen atoms in total. The van der Waals surface area contributed by atoms with Crippen molar-refractivity contribution in [1.82, 2.24) is 0 Å². The second-order valence-electron chi connectivity index (χ2n) is 3.46. The summed E-state index contributed by atoms with van der Waals surface area (Å²) in [6.07, 6.45) is 2.42. The molecule has 0 aliphatic rings. The molecule has 0 aliphatic carbocycles. The molecular weight excluding hydrogens is 260 g/mol. The van der Waals surface area contributed by atoms with E-state index in [-0.39, 0.29) is 5.01 Å². The molecule has 0 aromatic carbocycles. The molecule has 0 bridgehead atoms. The van der Waals surface area contributed by atoms with Crippen LogP contribution in [0.15, 0.2) is 0 Å². The van der Waals surface area contributed by atoms with Crippen LogP contribution in [0.2, 0.25) is 12.1 Å². The Morgan fingerprint density at radius 3 is 2.29 bits per heavy atom. The zero-order valence-electron chi connectivity index (χ0n) is 9.81. The van der Waals surface area contributed by atoms with E-state index in [1.54, 1.807) is 0 Å². The maximum Gasteiger partial charge on any atom is 0.338 e. The fourth-order valence-electron chi connectivity index (χ4n) is 1.53. The molecule has 0 aromatic rings. The maximum absolute atomic E-state index is 5.96. The van der Waals surface area contributed by atoms with Gasteiger partial charge in [0.25, 0.3) is 0 Å². The topological polar surface area (TPSA) is 18.5 Å². The highest BCUT2D eigenvalue weighted by Crippen LogP contribution is 2.24. The summed E-state index contributed by atoms with van der Waals surface area (Å²) in [5.74, 6) is 0. The van der Waals surface area contributed by atoms with Gasteiger partial charge >= 0.3 is 8.56 Å². The average molecular weight is 283 g/mol. The Labute approximate surface area is 97.7 Å². The highest BCUT2D eigenvalue weighted by atomic mass is 79.9. The Morgan fingerprint density at radius 1 is 1.29 bits per heavy atom. The number of hydrogen-bond acceptors (Lipinski definition) is 2. The molecule has 0 amide bonds. The zero-order chi connectivity index (χ0) is 11.0. The van der Waals surface area contributed by atoms with E-state index in [4.69, 9.17) is 8.85 Å². The third kappa shape index (κ3) is 5.49. The van der Waals surface area contributed by atoms with E-state index in [2.05, 4.69) is 29.8 Å². The van der Waals surface area contributed by atoms with E-state index in [9.17, 15) is 0 Å². The fourth-order valence-corrected chi connectivity index (χ4v) is 5.62. The van der Waals surface area contributed by atoms with Crippen molar-refractivity contribution in [2.75, 3.05) is 6.61 Å². The van der Waals surface area contributed by atoms with E-state index >= 15 is 0 Å². The number of rotatable bonds is 8. The molecule has 0 N–H and O–H groups in total. The van der Waals surface area contributed by atoms with Crippen molar-refractivity contribution in [1.29, 1.82) is 0 Å². The molecule has 0 spiro atoms. The van der Waals surface area contributed by atoms with Crippen molar-refractivity contribution >= 4 is 24.5 Å². The predicted octanol–water partition coefficient (Wildman–Crippen LogP) is 4.04. The molecule has 0 aromatic heterocycles. The highest BCUT2D eigenvalue weighted by molar-refractivity contribution is 9.09. The Kier molecular flexibility index (Phi) is 8.20. The lowest BCUT2D eigenvalue weighted by Crippen LogP contribution is -2.42. The Morgan fingerprint density at radius 2 is 1.93 bits per heavy atom. The standard InChI is InChI=1S/C10H23BrO2Si/c1-5-8-9-14(7-3,12-6-2)13-10(4)11/h10H,5-9H2,1-4H3. The molecule has 0 heterocycles. The number of halogens is 1. The van der Waals surface area contributed by atoms with Crippen LogP contribution in [0.4, 0.5) is 0 Å². The molecule has 0 rings (SSSR count). The highest BCUT2D eigenvalue weighted by Gasteiger charge is 2.35. The van der Waals surface area contributed by atoms with Gasteiger partial charge in [-0.05, 0) is 25.9 Å². The van der Waals surface area contributed by atoms with Gasteiger partial charge in [0.05, 0.1) is 0 Å². The first-order valence-electron chi connectivity index (χ1n) is 5.56. The van der Waals surface area contributed by atoms with Gasteiger partial charge < -0.3 is 8.85 Å². The van der Waals surface area contributed by atoms with E-state index in [0.29, 0.717) is 0 Å². The van der Waals surface area contributed by atoms with Crippen LogP contribution in [0.1, 0.15) is 40.5 Å². The smallest absolute Gasteiger partial charge is 0.338 e. The van der Waals surface area contributed by atoms with Crippen molar-refractivity contribution < 1.29 is 8.85 Å². The van der Waals surface area contributed by atoms with E-state index in [0.717, 1.165) is 18.7 Å². The summed E-state index contributed by atoms with van der Waals surface area (Å²) in [4.78, 5) is 0. The lowest BCUT2D eigenvalue weighted by Gasteiger charge is -2.30. The second-order valence-corrected chi connectivity index (χ2v) is 8.30. The van der Waals surface area contributed by atoms with Gasteiger partial charge in [-0.3, -0.25) is 0 Å². The molecule has 2 atom stereocenters. The molecule has 2 unspecified atom stereocenters. The third-order valence-corrected chi connectivity index (χ3v) is 6.56. The van der Waals surface area contributed by atoms with Gasteiger partial charge in [0, 0.05) is 6.61 Å². The first-order valence-corrected chi connectivity index (χ1v) is 8.70. The summed E-state index contributed by atoms with van der Waals surface area (Å²) < 4.78 is 11.8. The number of unbranched alkanes of at least 4 members (excludes halogenated alkanes) is 1. The van der Waals surface area contributed by atoms with Crippen LogP contribution in [-0.4, -0.2) is 20.2 Å². The first-order chi connectivity index (χ1) is 6.60. The zero-order valence-corrected chi connectivity index (χ0v) is 12.4. The van der Waals surface area contributed by atoms with Crippen LogP contribution in [0, 0.1) is 0 Å². The minimum Gasteiger partial charge on any atom is -0.394 e. The van der Waals surface area contributed by atoms with Crippen molar-refractivity contribution in [2.24, 2.45) is 0 Å². The minimum absolute atomic E-state index is 0.109. The van der Waals surface area contributed by atoms with E-state index < -0.39 is 8.56 Å². The summed E-state index contributed by atoms with van der Waals surface area (Å²) in [6.45, 7) is 9.21. The first kappa shape index (κ1) is 14.6. The maximum atomic E-state index is 5.96. The van der Waals surface area contributed by atoms with Gasteiger partial charge in [-0.15, -0.1) is 0 Å². The lowest BCUT2D eigenvalue weighted by atomic mass is 10.4. The van der Waals surface area contributed by atoms with Crippen molar-refractivity contribution in [3.63, 3.8) is 0 Å². The number of alkyl halides is 1. The predicted molar refractivity (Wildman–Crippen MR) is 67.1 cm³/mol. The van der Waals surface area contributed by atoms with Gasteiger partial charge in [0.2, 0.25) is 0 Å². The minimum atomic E-state index is -1.90. The Hall–Kier alpha value is 0.617. The average Bonchev–Trinajstić information content (AvgIpc) is 2.14. The normalized spacial score (nSPS) is 17.8. The van der Waals surface area contributed by atoms with Crippen LogP contribution >= 0.6 is 15.9 Å². The van der Waals surface area contributed by atoms with Crippen molar-refractivity contribution in [3.8, 4) is 0 Å². The third-order valence-electron chi connectivity index (χ3n) is 2.23. The molecule has 0 saturated carbocycles. The molecular formula is C10H23BrO2Si. The van der Waals surface area contributed by atoms with Crippen LogP contribution in [0.3, 0.4) is 0 Å². The molecule has 0 fully saturated rings. The summed E-state index contributed by atoms with van der Waals surface area (Å²) in [6, 6.07) is 2.15. The van der Waals surface area contributed by atoms with Crippen molar-refractivity contribution in [3.05, 3.63) is 0 Å². The summed E-state index contributed by atoms with van der Waals surface area (Å²) >= 11 is 3.45. The molecule has 0 radical (unpaired) electrons. The number of hydrogen-bond donors (Lipinski definition) is 0. The van der Waals surface area contributed by atoms with Gasteiger partial charge in [-0.2, -0.15) is 0 Å². The van der Waals surface area contributed by atoms with E-state index in [1.165, 1.54) is 12.8 Å². The van der Waals surface area contributed by atoms with Gasteiger partial charge in [-0.1, -0.05) is 42.6 Å². The molecule has 0 saturated heterocycles. The van der Waals surface area contributed by atoms with Gasteiger partial charge in [0.1, 0.15) is 5.01 Å². The van der Waals surface area contributed by atoms with Crippen LogP contribution in [0.25, 0.3) is 0 Å². The Bertz CT molecular complexity index is 144. The largest absolute Gasteiger partial charge is 0.394 e. The summed E-state index contributed by atoms with van der Waals surface area (Å²) in [7, 11) is -1.90. The monoisotopic (exact) mass is 282 g/mol. The van der Waals surface area contributed by atoms with Gasteiger partial charge in [0.15, 0.2) is 0 Å². The second kappa shape index (κ2) is 7.85. The van der Waals surface area contributed by atoms with E-state index in [1.807, 2.05) is 13.8 Å². The molecule has 0 aliphatic heterocycles. The van der Waals surface area contributed by atoms with Crippen molar-refractivity contribution in [2.45, 2.75) is 57.6 Å². The molecule has 86 valence electrons.